The summed E-state index contributed by atoms with van der Waals surface area (Å²) in [6.07, 6.45) is 6.33. The molecule has 1 aromatic carbocycles. The van der Waals surface area contributed by atoms with Gasteiger partial charge >= 0.3 is 0 Å². The van der Waals surface area contributed by atoms with E-state index in [0.717, 1.165) is 25.8 Å². The second-order valence-electron chi connectivity index (χ2n) is 6.87. The molecule has 1 saturated heterocycles. The molecule has 0 spiro atoms. The third-order valence-corrected chi connectivity index (χ3v) is 4.97. The molecule has 1 aliphatic heterocycles. The van der Waals surface area contributed by atoms with Gasteiger partial charge in [-0.25, -0.2) is 0 Å². The van der Waals surface area contributed by atoms with Crippen LogP contribution >= 0.6 is 0 Å². The largest absolute Gasteiger partial charge is 0.381 e. The third-order valence-electron chi connectivity index (χ3n) is 4.97. The molecular weight excluding hydrogens is 246 g/mol. The monoisotopic (exact) mass is 273 g/mol. The van der Waals surface area contributed by atoms with Crippen LogP contribution in [0.4, 0.5) is 0 Å². The maximum atomic E-state index is 5.61. The Bertz CT molecular complexity index is 458. The van der Waals surface area contributed by atoms with Crippen molar-refractivity contribution in [2.24, 2.45) is 5.41 Å². The normalized spacial score (nSPS) is 21.9. The second kappa shape index (κ2) is 5.87. The molecule has 0 amide bonds. The van der Waals surface area contributed by atoms with E-state index in [9.17, 15) is 0 Å². The molecule has 0 aromatic heterocycles. The van der Waals surface area contributed by atoms with E-state index >= 15 is 0 Å². The van der Waals surface area contributed by atoms with Gasteiger partial charge in [-0.2, -0.15) is 0 Å². The van der Waals surface area contributed by atoms with Crippen LogP contribution in [-0.4, -0.2) is 25.8 Å². The molecule has 1 aliphatic carbocycles. The molecular formula is C18H27NO. The van der Waals surface area contributed by atoms with Crippen molar-refractivity contribution in [3.63, 3.8) is 0 Å². The summed E-state index contributed by atoms with van der Waals surface area (Å²) in [5.74, 6) is 0. The molecule has 110 valence electrons. The van der Waals surface area contributed by atoms with Crippen molar-refractivity contribution in [1.82, 2.24) is 5.32 Å². The summed E-state index contributed by atoms with van der Waals surface area (Å²) in [5.41, 5.74) is 4.75. The highest BCUT2D eigenvalue weighted by molar-refractivity contribution is 5.31. The summed E-state index contributed by atoms with van der Waals surface area (Å²) >= 11 is 0. The van der Waals surface area contributed by atoms with E-state index in [1.165, 1.54) is 48.8 Å². The molecule has 1 heterocycles. The number of aryl methyl sites for hydroxylation is 2. The molecule has 1 aromatic rings. The van der Waals surface area contributed by atoms with Crippen LogP contribution in [0.5, 0.6) is 0 Å². The fourth-order valence-corrected chi connectivity index (χ4v) is 3.26. The van der Waals surface area contributed by atoms with E-state index in [1.807, 2.05) is 0 Å². The maximum Gasteiger partial charge on any atom is 0.0471 e. The second-order valence-corrected chi connectivity index (χ2v) is 6.87. The van der Waals surface area contributed by atoms with Gasteiger partial charge in [-0.05, 0) is 62.5 Å². The number of ether oxygens (including phenoxy) is 1. The molecule has 0 unspecified atom stereocenters. The van der Waals surface area contributed by atoms with Crippen molar-refractivity contribution in [2.75, 3.05) is 19.8 Å². The van der Waals surface area contributed by atoms with E-state index in [-0.39, 0.29) is 0 Å². The number of rotatable bonds is 5. The average Bonchev–Trinajstić information content (AvgIpc) is 3.26. The first kappa shape index (κ1) is 14.1. The first-order valence-corrected chi connectivity index (χ1v) is 8.04. The molecule has 1 N–H and O–H groups in total. The standard InChI is InChI=1S/C18H27NO/c1-14-3-4-15(2)16(11-14)12-18(7-9-20-10-8-18)13-19-17-5-6-17/h3-4,11,17,19H,5-10,12-13H2,1-2H3. The molecule has 2 fully saturated rings. The summed E-state index contributed by atoms with van der Waals surface area (Å²) in [6, 6.07) is 7.67. The van der Waals surface area contributed by atoms with Crippen LogP contribution in [-0.2, 0) is 11.2 Å². The quantitative estimate of drug-likeness (QED) is 0.888. The van der Waals surface area contributed by atoms with Crippen molar-refractivity contribution < 1.29 is 4.74 Å². The van der Waals surface area contributed by atoms with Gasteiger partial charge in [0.25, 0.3) is 0 Å². The van der Waals surface area contributed by atoms with Gasteiger partial charge in [0.2, 0.25) is 0 Å². The molecule has 20 heavy (non-hydrogen) atoms. The Morgan fingerprint density at radius 2 is 1.95 bits per heavy atom. The van der Waals surface area contributed by atoms with Crippen LogP contribution in [0.25, 0.3) is 0 Å². The molecule has 0 bridgehead atoms. The van der Waals surface area contributed by atoms with Crippen molar-refractivity contribution >= 4 is 0 Å². The number of hydrogen-bond donors (Lipinski definition) is 1. The minimum Gasteiger partial charge on any atom is -0.381 e. The van der Waals surface area contributed by atoms with Crippen LogP contribution < -0.4 is 5.32 Å². The average molecular weight is 273 g/mol. The van der Waals surface area contributed by atoms with Gasteiger partial charge in [-0.3, -0.25) is 0 Å². The zero-order valence-corrected chi connectivity index (χ0v) is 12.9. The zero-order valence-electron chi connectivity index (χ0n) is 12.9. The Kier molecular flexibility index (Phi) is 4.13. The highest BCUT2D eigenvalue weighted by atomic mass is 16.5. The maximum absolute atomic E-state index is 5.61. The summed E-state index contributed by atoms with van der Waals surface area (Å²) in [5, 5.41) is 3.77. The first-order chi connectivity index (χ1) is 9.67. The first-order valence-electron chi connectivity index (χ1n) is 8.04. The van der Waals surface area contributed by atoms with E-state index < -0.39 is 0 Å². The summed E-state index contributed by atoms with van der Waals surface area (Å²) in [6.45, 7) is 7.46. The zero-order chi connectivity index (χ0) is 14.0. The van der Waals surface area contributed by atoms with Crippen molar-refractivity contribution in [1.29, 1.82) is 0 Å². The fourth-order valence-electron chi connectivity index (χ4n) is 3.26. The minimum atomic E-state index is 0.402. The lowest BCUT2D eigenvalue weighted by atomic mass is 9.74. The molecule has 2 heteroatoms. The fraction of sp³-hybridized carbons (Fsp3) is 0.667. The Morgan fingerprint density at radius 1 is 1.20 bits per heavy atom. The van der Waals surface area contributed by atoms with Gasteiger partial charge in [-0.1, -0.05) is 23.8 Å². The van der Waals surface area contributed by atoms with Crippen LogP contribution in [0.1, 0.15) is 42.4 Å². The topological polar surface area (TPSA) is 21.3 Å². The van der Waals surface area contributed by atoms with Crippen LogP contribution in [0, 0.1) is 19.3 Å². The smallest absolute Gasteiger partial charge is 0.0471 e. The minimum absolute atomic E-state index is 0.402. The Hall–Kier alpha value is -0.860. The van der Waals surface area contributed by atoms with E-state index in [0.29, 0.717) is 5.41 Å². The molecule has 2 aliphatic rings. The molecule has 0 radical (unpaired) electrons. The summed E-state index contributed by atoms with van der Waals surface area (Å²) in [4.78, 5) is 0. The molecule has 0 atom stereocenters. The van der Waals surface area contributed by atoms with Gasteiger partial charge in [0.1, 0.15) is 0 Å². The SMILES string of the molecule is Cc1ccc(C)c(CC2(CNC3CC3)CCOCC2)c1. The number of benzene rings is 1. The van der Waals surface area contributed by atoms with Gasteiger partial charge < -0.3 is 10.1 Å². The molecule has 2 nitrogen and oxygen atoms in total. The lowest BCUT2D eigenvalue weighted by molar-refractivity contribution is 0.0147. The van der Waals surface area contributed by atoms with Gasteiger partial charge in [0.15, 0.2) is 0 Å². The predicted octanol–water partition coefficient (Wildman–Crippen LogP) is 3.39. The Labute approximate surface area is 122 Å². The van der Waals surface area contributed by atoms with Gasteiger partial charge in [0.05, 0.1) is 0 Å². The summed E-state index contributed by atoms with van der Waals surface area (Å²) < 4.78 is 5.61. The highest BCUT2D eigenvalue weighted by Gasteiger charge is 2.35. The van der Waals surface area contributed by atoms with Crippen molar-refractivity contribution in [2.45, 2.75) is 52.0 Å². The van der Waals surface area contributed by atoms with E-state index in [4.69, 9.17) is 4.74 Å². The lowest BCUT2D eigenvalue weighted by Gasteiger charge is -2.38. The van der Waals surface area contributed by atoms with Crippen molar-refractivity contribution in [3.8, 4) is 0 Å². The molecule has 3 rings (SSSR count). The van der Waals surface area contributed by atoms with Crippen LogP contribution in [0.3, 0.4) is 0 Å². The number of hydrogen-bond acceptors (Lipinski definition) is 2. The summed E-state index contributed by atoms with van der Waals surface area (Å²) in [7, 11) is 0. The third kappa shape index (κ3) is 3.42. The molecule has 1 saturated carbocycles. The van der Waals surface area contributed by atoms with Crippen LogP contribution in [0.15, 0.2) is 18.2 Å². The Balaban J connectivity index is 1.75. The Morgan fingerprint density at radius 3 is 2.65 bits per heavy atom. The van der Waals surface area contributed by atoms with Gasteiger partial charge in [0, 0.05) is 25.8 Å². The van der Waals surface area contributed by atoms with Crippen LogP contribution in [0.2, 0.25) is 0 Å². The van der Waals surface area contributed by atoms with E-state index in [1.54, 1.807) is 0 Å². The highest BCUT2D eigenvalue weighted by Crippen LogP contribution is 2.36. The van der Waals surface area contributed by atoms with Crippen molar-refractivity contribution in [3.05, 3.63) is 34.9 Å². The van der Waals surface area contributed by atoms with Gasteiger partial charge in [-0.15, -0.1) is 0 Å². The lowest BCUT2D eigenvalue weighted by Crippen LogP contribution is -2.41. The predicted molar refractivity (Wildman–Crippen MR) is 83.1 cm³/mol. The van der Waals surface area contributed by atoms with E-state index in [2.05, 4.69) is 37.4 Å². The number of nitrogens with one attached hydrogen (secondary N) is 1.